The first kappa shape index (κ1) is 13.9. The molecule has 1 unspecified atom stereocenters. The van der Waals surface area contributed by atoms with Crippen LogP contribution in [0.3, 0.4) is 0 Å². The highest BCUT2D eigenvalue weighted by Crippen LogP contribution is 2.14. The van der Waals surface area contributed by atoms with E-state index in [1.54, 1.807) is 0 Å². The minimum atomic E-state index is 0.0838. The van der Waals surface area contributed by atoms with Gasteiger partial charge in [-0.25, -0.2) is 0 Å². The van der Waals surface area contributed by atoms with Crippen molar-refractivity contribution in [1.82, 2.24) is 10.2 Å². The summed E-state index contributed by atoms with van der Waals surface area (Å²) in [7, 11) is 0. The second-order valence-electron chi connectivity index (χ2n) is 5.27. The molecule has 0 bridgehead atoms. The van der Waals surface area contributed by atoms with Crippen molar-refractivity contribution in [3.05, 3.63) is 29.8 Å². The van der Waals surface area contributed by atoms with Gasteiger partial charge in [-0.1, -0.05) is 19.1 Å². The molecule has 1 aromatic carbocycles. The number of hydrogen-bond donors (Lipinski definition) is 2. The second kappa shape index (κ2) is 6.57. The van der Waals surface area contributed by atoms with Gasteiger partial charge in [-0.15, -0.1) is 0 Å². The molecule has 1 saturated heterocycles. The molecule has 0 saturated carbocycles. The number of likely N-dealkylation sites (tertiary alicyclic amines) is 1. The maximum atomic E-state index is 11.9. The molecule has 1 aliphatic heterocycles. The summed E-state index contributed by atoms with van der Waals surface area (Å²) in [5.41, 5.74) is 7.38. The van der Waals surface area contributed by atoms with E-state index in [2.05, 4.69) is 17.1 Å². The van der Waals surface area contributed by atoms with Gasteiger partial charge < -0.3 is 16.0 Å². The first-order valence-electron chi connectivity index (χ1n) is 7.01. The maximum absolute atomic E-state index is 11.9. The summed E-state index contributed by atoms with van der Waals surface area (Å²) in [5, 5.41) is 3.03. The lowest BCUT2D eigenvalue weighted by atomic mass is 10.1. The van der Waals surface area contributed by atoms with Gasteiger partial charge in [-0.05, 0) is 43.1 Å². The standard InChI is InChI=1S/C15H23N3O/c1-2-18-7-6-13(11-18)10-17-15(19)9-12-4-3-5-14(16)8-12/h3-5,8,13H,2,6-7,9-11,16H2,1H3,(H,17,19). The molecule has 0 radical (unpaired) electrons. The number of amides is 1. The molecule has 0 aromatic heterocycles. The number of carbonyl (C=O) groups is 1. The van der Waals surface area contributed by atoms with Gasteiger partial charge in [0.15, 0.2) is 0 Å². The normalized spacial score (nSPS) is 19.5. The van der Waals surface area contributed by atoms with Gasteiger partial charge in [0, 0.05) is 18.8 Å². The monoisotopic (exact) mass is 261 g/mol. The van der Waals surface area contributed by atoms with Crippen molar-refractivity contribution in [3.8, 4) is 0 Å². The summed E-state index contributed by atoms with van der Waals surface area (Å²) < 4.78 is 0. The van der Waals surface area contributed by atoms with E-state index >= 15 is 0 Å². The van der Waals surface area contributed by atoms with Gasteiger partial charge in [-0.3, -0.25) is 4.79 Å². The summed E-state index contributed by atoms with van der Waals surface area (Å²) in [6, 6.07) is 7.51. The first-order chi connectivity index (χ1) is 9.17. The number of carbonyl (C=O) groups excluding carboxylic acids is 1. The molecule has 3 N–H and O–H groups in total. The average molecular weight is 261 g/mol. The maximum Gasteiger partial charge on any atom is 0.224 e. The van der Waals surface area contributed by atoms with E-state index in [0.29, 0.717) is 18.0 Å². The predicted molar refractivity (Wildman–Crippen MR) is 77.8 cm³/mol. The van der Waals surface area contributed by atoms with Gasteiger partial charge in [-0.2, -0.15) is 0 Å². The predicted octanol–water partition coefficient (Wildman–Crippen LogP) is 1.27. The van der Waals surface area contributed by atoms with E-state index in [0.717, 1.165) is 31.7 Å². The zero-order valence-electron chi connectivity index (χ0n) is 11.6. The molecule has 4 heteroatoms. The first-order valence-corrected chi connectivity index (χ1v) is 7.01. The van der Waals surface area contributed by atoms with E-state index in [9.17, 15) is 4.79 Å². The van der Waals surface area contributed by atoms with E-state index in [1.807, 2.05) is 24.3 Å². The number of rotatable bonds is 5. The molecule has 4 nitrogen and oxygen atoms in total. The molecule has 1 heterocycles. The Bertz CT molecular complexity index is 433. The highest BCUT2D eigenvalue weighted by Gasteiger charge is 2.21. The van der Waals surface area contributed by atoms with Crippen molar-refractivity contribution in [3.63, 3.8) is 0 Å². The van der Waals surface area contributed by atoms with Crippen molar-refractivity contribution in [2.45, 2.75) is 19.8 Å². The molecule has 0 aliphatic carbocycles. The molecule has 1 aliphatic rings. The molecule has 2 rings (SSSR count). The second-order valence-corrected chi connectivity index (χ2v) is 5.27. The third-order valence-electron chi connectivity index (χ3n) is 3.72. The number of hydrogen-bond acceptors (Lipinski definition) is 3. The highest BCUT2D eigenvalue weighted by molar-refractivity contribution is 5.78. The minimum absolute atomic E-state index is 0.0838. The molecule has 1 fully saturated rings. The van der Waals surface area contributed by atoms with Crippen LogP contribution in [0.15, 0.2) is 24.3 Å². The lowest BCUT2D eigenvalue weighted by molar-refractivity contribution is -0.120. The number of nitrogens with one attached hydrogen (secondary N) is 1. The van der Waals surface area contributed by atoms with E-state index in [1.165, 1.54) is 6.42 Å². The van der Waals surface area contributed by atoms with Crippen LogP contribution in [0.4, 0.5) is 5.69 Å². The molecular formula is C15H23N3O. The lowest BCUT2D eigenvalue weighted by Crippen LogP contribution is -2.32. The van der Waals surface area contributed by atoms with Crippen molar-refractivity contribution in [1.29, 1.82) is 0 Å². The Labute approximate surface area is 115 Å². The SMILES string of the molecule is CCN1CCC(CNC(=O)Cc2cccc(N)c2)C1. The Hall–Kier alpha value is -1.55. The van der Waals surface area contributed by atoms with Gasteiger partial charge in [0.25, 0.3) is 0 Å². The summed E-state index contributed by atoms with van der Waals surface area (Å²) in [4.78, 5) is 14.3. The van der Waals surface area contributed by atoms with E-state index < -0.39 is 0 Å². The number of benzene rings is 1. The van der Waals surface area contributed by atoms with Gasteiger partial charge >= 0.3 is 0 Å². The highest BCUT2D eigenvalue weighted by atomic mass is 16.1. The van der Waals surface area contributed by atoms with E-state index in [4.69, 9.17) is 5.73 Å². The van der Waals surface area contributed by atoms with Crippen LogP contribution in [0.1, 0.15) is 18.9 Å². The zero-order valence-corrected chi connectivity index (χ0v) is 11.6. The molecule has 1 atom stereocenters. The number of nitrogens with two attached hydrogens (primary N) is 1. The topological polar surface area (TPSA) is 58.4 Å². The summed E-state index contributed by atoms with van der Waals surface area (Å²) in [6.07, 6.45) is 1.60. The van der Waals surface area contributed by atoms with Gasteiger partial charge in [0.05, 0.1) is 6.42 Å². The van der Waals surface area contributed by atoms with Crippen molar-refractivity contribution in [2.24, 2.45) is 5.92 Å². The van der Waals surface area contributed by atoms with Gasteiger partial charge in [0.2, 0.25) is 5.91 Å². The minimum Gasteiger partial charge on any atom is -0.399 e. The molecular weight excluding hydrogens is 238 g/mol. The van der Waals surface area contributed by atoms with Crippen LogP contribution < -0.4 is 11.1 Å². The average Bonchev–Trinajstić information content (AvgIpc) is 2.84. The number of nitrogen functional groups attached to an aromatic ring is 1. The van der Waals surface area contributed by atoms with E-state index in [-0.39, 0.29) is 5.91 Å². The molecule has 1 aromatic rings. The third-order valence-corrected chi connectivity index (χ3v) is 3.72. The smallest absolute Gasteiger partial charge is 0.224 e. The quantitative estimate of drug-likeness (QED) is 0.785. The fourth-order valence-electron chi connectivity index (χ4n) is 2.58. The van der Waals surface area contributed by atoms with Crippen LogP contribution in [-0.4, -0.2) is 37.0 Å². The van der Waals surface area contributed by atoms with Crippen LogP contribution in [0.25, 0.3) is 0 Å². The van der Waals surface area contributed by atoms with Crippen LogP contribution in [-0.2, 0) is 11.2 Å². The number of anilines is 1. The van der Waals surface area contributed by atoms with Gasteiger partial charge in [0.1, 0.15) is 0 Å². The molecule has 0 spiro atoms. The molecule has 104 valence electrons. The third kappa shape index (κ3) is 4.24. The Morgan fingerprint density at radius 2 is 2.37 bits per heavy atom. The fourth-order valence-corrected chi connectivity index (χ4v) is 2.58. The Kier molecular flexibility index (Phi) is 4.80. The summed E-state index contributed by atoms with van der Waals surface area (Å²) >= 11 is 0. The van der Waals surface area contributed by atoms with Crippen LogP contribution in [0, 0.1) is 5.92 Å². The van der Waals surface area contributed by atoms with Crippen molar-refractivity contribution >= 4 is 11.6 Å². The Balaban J connectivity index is 1.73. The van der Waals surface area contributed by atoms with Crippen LogP contribution >= 0.6 is 0 Å². The molecule has 19 heavy (non-hydrogen) atoms. The molecule has 1 amide bonds. The number of nitrogens with zero attached hydrogens (tertiary/aromatic N) is 1. The van der Waals surface area contributed by atoms with Crippen molar-refractivity contribution < 1.29 is 4.79 Å². The lowest BCUT2D eigenvalue weighted by Gasteiger charge is -2.13. The summed E-state index contributed by atoms with van der Waals surface area (Å²) in [5.74, 6) is 0.685. The largest absolute Gasteiger partial charge is 0.399 e. The zero-order chi connectivity index (χ0) is 13.7. The summed E-state index contributed by atoms with van der Waals surface area (Å²) in [6.45, 7) is 6.34. The van der Waals surface area contributed by atoms with Crippen LogP contribution in [0.5, 0.6) is 0 Å². The van der Waals surface area contributed by atoms with Crippen molar-refractivity contribution in [2.75, 3.05) is 31.9 Å². The Morgan fingerprint density at radius 1 is 1.53 bits per heavy atom. The fraction of sp³-hybridized carbons (Fsp3) is 0.533. The Morgan fingerprint density at radius 3 is 3.05 bits per heavy atom. The van der Waals surface area contributed by atoms with Crippen LogP contribution in [0.2, 0.25) is 0 Å².